The van der Waals surface area contributed by atoms with Crippen molar-refractivity contribution in [2.45, 2.75) is 6.42 Å². The first-order chi connectivity index (χ1) is 8.93. The van der Waals surface area contributed by atoms with Gasteiger partial charge in [0.25, 0.3) is 0 Å². The van der Waals surface area contributed by atoms with Gasteiger partial charge >= 0.3 is 5.97 Å². The second-order valence-corrected chi connectivity index (χ2v) is 5.48. The van der Waals surface area contributed by atoms with Gasteiger partial charge in [-0.1, -0.05) is 0 Å². The van der Waals surface area contributed by atoms with Gasteiger partial charge in [0.2, 0.25) is 5.91 Å². The van der Waals surface area contributed by atoms with Crippen LogP contribution in [-0.4, -0.2) is 29.4 Å². The van der Waals surface area contributed by atoms with Crippen LogP contribution in [0.4, 0.5) is 10.1 Å². The van der Waals surface area contributed by atoms with Gasteiger partial charge in [0, 0.05) is 18.8 Å². The lowest BCUT2D eigenvalue weighted by Gasteiger charge is -2.19. The number of hydrogen-bond acceptors (Lipinski definition) is 2. The summed E-state index contributed by atoms with van der Waals surface area (Å²) in [4.78, 5) is 24.4. The van der Waals surface area contributed by atoms with Gasteiger partial charge in [-0.3, -0.25) is 4.79 Å². The van der Waals surface area contributed by atoms with Gasteiger partial charge in [-0.05, 0) is 34.0 Å². The number of rotatable bonds is 3. The molecule has 0 aromatic heterocycles. The summed E-state index contributed by atoms with van der Waals surface area (Å²) in [6, 6.07) is 2.22. The Bertz CT molecular complexity index is 552. The van der Waals surface area contributed by atoms with E-state index in [1.807, 2.05) is 0 Å². The molecule has 4 nitrogen and oxygen atoms in total. The molecule has 0 bridgehead atoms. The molecule has 1 N–H and O–H groups in total. The SMILES string of the molecule is O=C(O)c1cc(F)c(Br)cc1N1CC(CCl)CC1=O. The molecule has 1 heterocycles. The average molecular weight is 351 g/mol. The predicted octanol–water partition coefficient (Wildman–Crippen LogP) is 2.88. The molecule has 1 saturated heterocycles. The predicted molar refractivity (Wildman–Crippen MR) is 72.2 cm³/mol. The van der Waals surface area contributed by atoms with Crippen molar-refractivity contribution in [1.29, 1.82) is 0 Å². The van der Waals surface area contributed by atoms with Crippen molar-refractivity contribution in [2.24, 2.45) is 5.92 Å². The first-order valence-electron chi connectivity index (χ1n) is 5.52. The van der Waals surface area contributed by atoms with Crippen molar-refractivity contribution < 1.29 is 19.1 Å². The summed E-state index contributed by atoms with van der Waals surface area (Å²) in [5.41, 5.74) is -0.0392. The second-order valence-electron chi connectivity index (χ2n) is 4.32. The topological polar surface area (TPSA) is 57.6 Å². The van der Waals surface area contributed by atoms with Crippen LogP contribution >= 0.6 is 27.5 Å². The molecule has 1 aromatic carbocycles. The number of aromatic carboxylic acids is 1. The van der Waals surface area contributed by atoms with Crippen LogP contribution in [0.1, 0.15) is 16.8 Å². The van der Waals surface area contributed by atoms with E-state index in [2.05, 4.69) is 15.9 Å². The fraction of sp³-hybridized carbons (Fsp3) is 0.333. The van der Waals surface area contributed by atoms with E-state index in [9.17, 15) is 14.0 Å². The van der Waals surface area contributed by atoms with E-state index in [1.54, 1.807) is 0 Å². The van der Waals surface area contributed by atoms with Crippen LogP contribution in [-0.2, 0) is 4.79 Å². The highest BCUT2D eigenvalue weighted by molar-refractivity contribution is 9.10. The lowest BCUT2D eigenvalue weighted by molar-refractivity contribution is -0.117. The molecule has 1 aliphatic rings. The summed E-state index contributed by atoms with van der Waals surface area (Å²) in [7, 11) is 0. The lowest BCUT2D eigenvalue weighted by Crippen LogP contribution is -2.27. The Morgan fingerprint density at radius 1 is 1.58 bits per heavy atom. The van der Waals surface area contributed by atoms with Crippen molar-refractivity contribution >= 4 is 45.1 Å². The van der Waals surface area contributed by atoms with Gasteiger partial charge in [0.15, 0.2) is 0 Å². The first-order valence-corrected chi connectivity index (χ1v) is 6.85. The minimum atomic E-state index is -1.27. The van der Waals surface area contributed by atoms with Crippen molar-refractivity contribution in [3.8, 4) is 0 Å². The van der Waals surface area contributed by atoms with Gasteiger partial charge in [-0.2, -0.15) is 0 Å². The smallest absolute Gasteiger partial charge is 0.337 e. The minimum absolute atomic E-state index is 0.0142. The number of carbonyl (C=O) groups excluding carboxylic acids is 1. The van der Waals surface area contributed by atoms with Gasteiger partial charge in [-0.15, -0.1) is 11.6 Å². The number of carboxylic acid groups (broad SMARTS) is 1. The number of alkyl halides is 1. The Labute approximate surface area is 122 Å². The molecule has 1 unspecified atom stereocenters. The average Bonchev–Trinajstić information content (AvgIpc) is 2.73. The molecule has 7 heteroatoms. The number of nitrogens with zero attached hydrogens (tertiary/aromatic N) is 1. The van der Waals surface area contributed by atoms with Crippen LogP contribution in [0, 0.1) is 11.7 Å². The van der Waals surface area contributed by atoms with Gasteiger partial charge in [-0.25, -0.2) is 9.18 Å². The van der Waals surface area contributed by atoms with E-state index in [0.29, 0.717) is 12.4 Å². The molecule has 19 heavy (non-hydrogen) atoms. The Hall–Kier alpha value is -1.14. The monoisotopic (exact) mass is 349 g/mol. The van der Waals surface area contributed by atoms with Gasteiger partial charge < -0.3 is 10.0 Å². The number of amides is 1. The zero-order valence-electron chi connectivity index (χ0n) is 9.70. The van der Waals surface area contributed by atoms with Crippen LogP contribution in [0.25, 0.3) is 0 Å². The maximum atomic E-state index is 13.4. The van der Waals surface area contributed by atoms with Crippen LogP contribution < -0.4 is 4.90 Å². The third kappa shape index (κ3) is 2.74. The fourth-order valence-electron chi connectivity index (χ4n) is 2.05. The fourth-order valence-corrected chi connectivity index (χ4v) is 2.59. The molecule has 1 atom stereocenters. The van der Waals surface area contributed by atoms with Crippen LogP contribution in [0.15, 0.2) is 16.6 Å². The van der Waals surface area contributed by atoms with Gasteiger partial charge in [0.05, 0.1) is 15.7 Å². The van der Waals surface area contributed by atoms with Crippen LogP contribution in [0.5, 0.6) is 0 Å². The number of carbonyl (C=O) groups is 2. The number of anilines is 1. The molecule has 1 aromatic rings. The third-order valence-corrected chi connectivity index (χ3v) is 4.03. The van der Waals surface area contributed by atoms with E-state index in [-0.39, 0.29) is 34.0 Å². The van der Waals surface area contributed by atoms with E-state index in [1.165, 1.54) is 11.0 Å². The van der Waals surface area contributed by atoms with E-state index in [0.717, 1.165) is 6.07 Å². The highest BCUT2D eigenvalue weighted by atomic mass is 79.9. The van der Waals surface area contributed by atoms with Crippen LogP contribution in [0.2, 0.25) is 0 Å². The zero-order chi connectivity index (χ0) is 14.2. The largest absolute Gasteiger partial charge is 0.478 e. The van der Waals surface area contributed by atoms with Crippen molar-refractivity contribution in [1.82, 2.24) is 0 Å². The summed E-state index contributed by atoms with van der Waals surface area (Å²) in [5.74, 6) is -1.84. The van der Waals surface area contributed by atoms with E-state index in [4.69, 9.17) is 16.7 Å². The highest BCUT2D eigenvalue weighted by Crippen LogP contribution is 2.32. The second kappa shape index (κ2) is 5.46. The molecule has 1 amide bonds. The third-order valence-electron chi connectivity index (χ3n) is 2.98. The maximum absolute atomic E-state index is 13.4. The molecule has 1 aliphatic heterocycles. The molecule has 2 rings (SSSR count). The van der Waals surface area contributed by atoms with E-state index >= 15 is 0 Å². The Kier molecular flexibility index (Phi) is 4.10. The molecular weight excluding hydrogens is 340 g/mol. The summed E-state index contributed by atoms with van der Waals surface area (Å²) < 4.78 is 13.5. The first kappa shape index (κ1) is 14.3. The Balaban J connectivity index is 2.47. The van der Waals surface area contributed by atoms with Gasteiger partial charge in [0.1, 0.15) is 5.82 Å². The standard InChI is InChI=1S/C12H10BrClFNO3/c13-8-3-10(7(12(18)19)2-9(8)15)16-5-6(4-14)1-11(16)17/h2-3,6H,1,4-5H2,(H,18,19). The molecule has 0 aliphatic carbocycles. The summed E-state index contributed by atoms with van der Waals surface area (Å²) in [5, 5.41) is 9.10. The molecule has 0 saturated carbocycles. The number of hydrogen-bond donors (Lipinski definition) is 1. The number of benzene rings is 1. The Morgan fingerprint density at radius 2 is 2.26 bits per heavy atom. The van der Waals surface area contributed by atoms with Crippen molar-refractivity contribution in [2.75, 3.05) is 17.3 Å². The summed E-state index contributed by atoms with van der Waals surface area (Å²) >= 11 is 8.72. The lowest BCUT2D eigenvalue weighted by atomic mass is 10.1. The Morgan fingerprint density at radius 3 is 2.79 bits per heavy atom. The molecule has 0 spiro atoms. The molecular formula is C12H10BrClFNO3. The zero-order valence-corrected chi connectivity index (χ0v) is 12.0. The normalized spacial score (nSPS) is 19.0. The van der Waals surface area contributed by atoms with Crippen molar-refractivity contribution in [3.05, 3.63) is 28.0 Å². The highest BCUT2D eigenvalue weighted by Gasteiger charge is 2.32. The maximum Gasteiger partial charge on any atom is 0.337 e. The van der Waals surface area contributed by atoms with E-state index < -0.39 is 11.8 Å². The van der Waals surface area contributed by atoms with Crippen molar-refractivity contribution in [3.63, 3.8) is 0 Å². The summed E-state index contributed by atoms with van der Waals surface area (Å²) in [6.45, 7) is 0.348. The molecule has 0 radical (unpaired) electrons. The quantitative estimate of drug-likeness (QED) is 0.853. The summed E-state index contributed by atoms with van der Waals surface area (Å²) in [6.07, 6.45) is 0.275. The molecule has 1 fully saturated rings. The minimum Gasteiger partial charge on any atom is -0.478 e. The van der Waals surface area contributed by atoms with Crippen LogP contribution in [0.3, 0.4) is 0 Å². The molecule has 102 valence electrons. The number of halogens is 3. The number of carboxylic acids is 1.